The van der Waals surface area contributed by atoms with Crippen LogP contribution < -0.4 is 0 Å². The Morgan fingerprint density at radius 3 is 2.52 bits per heavy atom. The number of benzene rings is 1. The first-order valence-corrected chi connectivity index (χ1v) is 15.0. The van der Waals surface area contributed by atoms with Crippen LogP contribution in [0.4, 0.5) is 0 Å². The Morgan fingerprint density at radius 2 is 2.00 bits per heavy atom. The van der Waals surface area contributed by atoms with Crippen molar-refractivity contribution in [1.29, 1.82) is 0 Å². The number of halogens is 1. The number of carbonyl (C=O) groups excluding carboxylic acids is 1. The van der Waals surface area contributed by atoms with Gasteiger partial charge in [0, 0.05) is 12.6 Å². The zero-order valence-corrected chi connectivity index (χ0v) is 18.9. The Hall–Kier alpha value is -0.247. The average Bonchev–Trinajstić information content (AvgIpc) is 2.57. The van der Waals surface area contributed by atoms with Crippen molar-refractivity contribution in [2.24, 2.45) is 11.8 Å². The predicted molar refractivity (Wildman–Crippen MR) is 93.4 cm³/mol. The maximum absolute atomic E-state index is 12.2. The number of nitrogens with zero attached hydrogens (tertiary/aromatic N) is 1. The van der Waals surface area contributed by atoms with E-state index in [1.165, 1.54) is 29.0 Å². The summed E-state index contributed by atoms with van der Waals surface area (Å²) in [6.45, 7) is 9.44. The number of rotatable bonds is 4. The van der Waals surface area contributed by atoms with E-state index in [1.807, 2.05) is 18.2 Å². The van der Waals surface area contributed by atoms with Crippen LogP contribution in [0.3, 0.4) is 0 Å². The van der Waals surface area contributed by atoms with Gasteiger partial charge < -0.3 is 11.7 Å². The van der Waals surface area contributed by atoms with Gasteiger partial charge >= 0.3 is 35.9 Å². The molecule has 0 N–H and O–H groups in total. The number of ether oxygens (including phenoxy) is 1. The van der Waals surface area contributed by atoms with Gasteiger partial charge in [0.25, 0.3) is 0 Å². The fraction of sp³-hybridized carbons (Fsp3) is 0.556. The van der Waals surface area contributed by atoms with Crippen LogP contribution in [0.2, 0.25) is 0 Å². The number of likely N-dealkylation sites (tertiary alicyclic amines) is 1. The number of methoxy groups -OCH3 is 1. The number of esters is 1. The van der Waals surface area contributed by atoms with Gasteiger partial charge in [0.1, 0.15) is 0 Å². The van der Waals surface area contributed by atoms with Crippen molar-refractivity contribution in [1.82, 2.24) is 4.90 Å². The Bertz CT molecular complexity index is 471. The van der Waals surface area contributed by atoms with E-state index in [9.17, 15) is 4.79 Å². The second-order valence-electron chi connectivity index (χ2n) is 6.07. The molecule has 23 heavy (non-hydrogen) atoms. The minimum atomic E-state index is -0.239. The molecule has 0 bridgehead atoms. The van der Waals surface area contributed by atoms with Gasteiger partial charge in [-0.25, -0.2) is 0 Å². The molecule has 0 spiro atoms. The molecule has 124 valence electrons. The molecule has 1 aromatic rings. The average molecular weight is 434 g/mol. The summed E-state index contributed by atoms with van der Waals surface area (Å²) in [7, 11) is 1.47. The first-order chi connectivity index (χ1) is 11.1. The van der Waals surface area contributed by atoms with E-state index in [-0.39, 0.29) is 17.9 Å². The molecule has 5 heteroatoms. The number of carbonyl (C=O) groups is 1. The maximum atomic E-state index is 12.2. The van der Waals surface area contributed by atoms with Crippen LogP contribution in [-0.2, 0) is 32.4 Å². The van der Waals surface area contributed by atoms with Crippen LogP contribution in [-0.4, -0.2) is 30.1 Å². The van der Waals surface area contributed by atoms with Gasteiger partial charge in [-0.15, -0.1) is 5.92 Å². The molecule has 1 fully saturated rings. The van der Waals surface area contributed by atoms with Crippen LogP contribution in [0.25, 0.3) is 0 Å². The summed E-state index contributed by atoms with van der Waals surface area (Å²) in [5.74, 6) is 0.470. The van der Waals surface area contributed by atoms with E-state index in [4.69, 9.17) is 4.74 Å². The van der Waals surface area contributed by atoms with Crippen LogP contribution in [0.15, 0.2) is 30.3 Å². The normalized spacial score (nSPS) is 27.8. The van der Waals surface area contributed by atoms with E-state index < -0.39 is 0 Å². The molecule has 3 nitrogen and oxygen atoms in total. The molecule has 2 rings (SSSR count). The number of hydrogen-bond donors (Lipinski definition) is 0. The zero-order chi connectivity index (χ0) is 17.4. The van der Waals surface area contributed by atoms with E-state index in [1.54, 1.807) is 0 Å². The monoisotopic (exact) mass is 431 g/mol. The van der Waals surface area contributed by atoms with Gasteiger partial charge in [-0.05, 0) is 17.9 Å². The molecular weight excluding hydrogens is 407 g/mol. The van der Waals surface area contributed by atoms with Crippen LogP contribution >= 0.6 is 13.6 Å². The van der Waals surface area contributed by atoms with Gasteiger partial charge in [-0.2, -0.15) is 0 Å². The molecule has 1 saturated heterocycles. The third-order valence-electron chi connectivity index (χ3n) is 4.63. The first-order valence-electron chi connectivity index (χ1n) is 8.05. The molecule has 1 aliphatic heterocycles. The Labute approximate surface area is 157 Å². The van der Waals surface area contributed by atoms with Crippen LogP contribution in [0.1, 0.15) is 32.3 Å². The third kappa shape index (κ3) is 5.37. The molecule has 1 aromatic carbocycles. The quantitative estimate of drug-likeness (QED) is 0.406. The summed E-state index contributed by atoms with van der Waals surface area (Å²) in [6, 6.07) is 10.5. The second kappa shape index (κ2) is 10.6. The molecular formula is C18H26BrNO2Zn. The van der Waals surface area contributed by atoms with Crippen molar-refractivity contribution in [3.63, 3.8) is 0 Å². The van der Waals surface area contributed by atoms with Crippen molar-refractivity contribution in [3.05, 3.63) is 42.8 Å². The Kier molecular flexibility index (Phi) is 9.57. The SMILES string of the molecule is [CH2-][C@H]1C[C@H](C)[C@H](CC)N(Cc2ccccc2)[C@H]1C(=O)OC.[Zn+][Br]. The molecule has 0 radical (unpaired) electrons. The van der Waals surface area contributed by atoms with Crippen molar-refractivity contribution >= 4 is 19.6 Å². The van der Waals surface area contributed by atoms with E-state index >= 15 is 0 Å². The zero-order valence-electron chi connectivity index (χ0n) is 14.4. The molecule has 0 saturated carbocycles. The van der Waals surface area contributed by atoms with E-state index in [2.05, 4.69) is 51.4 Å². The standard InChI is InChI=1S/C18H26NO2.BrH.Zn/c1-5-16-13(2)11-14(3)17(18(20)21-4)19(16)12-15-9-7-6-8-10-15;;/h6-10,13-14,16-17H,3,5,11-12H2,1-2,4H3;1H;/q-1;;+2/p-1/t13-,14-,16-,17+;;/m0../s1. The molecule has 1 aliphatic rings. The van der Waals surface area contributed by atoms with Gasteiger partial charge in [-0.1, -0.05) is 50.6 Å². The second-order valence-corrected chi connectivity index (χ2v) is 6.07. The summed E-state index contributed by atoms with van der Waals surface area (Å²) in [6.07, 6.45) is 2.01. The van der Waals surface area contributed by atoms with Crippen molar-refractivity contribution in [2.75, 3.05) is 7.11 Å². The van der Waals surface area contributed by atoms with Gasteiger partial charge in [0.2, 0.25) is 0 Å². The topological polar surface area (TPSA) is 29.5 Å². The van der Waals surface area contributed by atoms with E-state index in [0.29, 0.717) is 12.0 Å². The van der Waals surface area contributed by atoms with Gasteiger partial charge in [-0.3, -0.25) is 9.69 Å². The minimum absolute atomic E-state index is 0.0824. The molecule has 4 atom stereocenters. The summed E-state index contributed by atoms with van der Waals surface area (Å²) < 4.78 is 5.04. The number of piperidine rings is 1. The number of hydrogen-bond acceptors (Lipinski definition) is 3. The van der Waals surface area contributed by atoms with Crippen molar-refractivity contribution in [3.8, 4) is 0 Å². The molecule has 0 aliphatic carbocycles. The Balaban J connectivity index is 0.00000127. The van der Waals surface area contributed by atoms with Crippen LogP contribution in [0.5, 0.6) is 0 Å². The first kappa shape index (κ1) is 20.8. The fourth-order valence-electron chi connectivity index (χ4n) is 3.66. The molecule has 0 aromatic heterocycles. The fourth-order valence-corrected chi connectivity index (χ4v) is 3.66. The third-order valence-corrected chi connectivity index (χ3v) is 4.63. The summed E-state index contributed by atoms with van der Waals surface area (Å²) in [4.78, 5) is 14.5. The summed E-state index contributed by atoms with van der Waals surface area (Å²) in [5.41, 5.74) is 1.23. The van der Waals surface area contributed by atoms with Crippen molar-refractivity contribution in [2.45, 2.75) is 45.3 Å². The molecule has 1 heterocycles. The van der Waals surface area contributed by atoms with Gasteiger partial charge in [0.05, 0.1) is 13.2 Å². The van der Waals surface area contributed by atoms with Crippen LogP contribution in [0, 0.1) is 18.8 Å². The molecule has 0 unspecified atom stereocenters. The van der Waals surface area contributed by atoms with Gasteiger partial charge in [0.15, 0.2) is 0 Å². The molecule has 0 amide bonds. The summed E-state index contributed by atoms with van der Waals surface area (Å²) >= 11 is 4.25. The predicted octanol–water partition coefficient (Wildman–Crippen LogP) is 4.14. The van der Waals surface area contributed by atoms with E-state index in [0.717, 1.165) is 19.4 Å². The van der Waals surface area contributed by atoms with Crippen molar-refractivity contribution < 1.29 is 25.9 Å². The summed E-state index contributed by atoms with van der Waals surface area (Å²) in [5, 5.41) is 0. The Morgan fingerprint density at radius 1 is 1.39 bits per heavy atom.